The molecule has 0 radical (unpaired) electrons. The first-order valence-corrected chi connectivity index (χ1v) is 11.4. The van der Waals surface area contributed by atoms with Crippen LogP contribution in [0.25, 0.3) is 11.0 Å². The Bertz CT molecular complexity index is 1400. The van der Waals surface area contributed by atoms with Gasteiger partial charge in [0.2, 0.25) is 0 Å². The first-order valence-electron chi connectivity index (χ1n) is 11.4. The lowest BCUT2D eigenvalue weighted by molar-refractivity contribution is 0.0923. The Labute approximate surface area is 194 Å². The Morgan fingerprint density at radius 2 is 1.91 bits per heavy atom. The van der Waals surface area contributed by atoms with Crippen LogP contribution in [0.2, 0.25) is 0 Å². The zero-order valence-corrected chi connectivity index (χ0v) is 18.4. The number of rotatable bonds is 5. The topological polar surface area (TPSA) is 79.8 Å². The molecule has 0 unspecified atom stereocenters. The van der Waals surface area contributed by atoms with Crippen molar-refractivity contribution in [2.24, 2.45) is 0 Å². The summed E-state index contributed by atoms with van der Waals surface area (Å²) < 4.78 is 28.0. The molecule has 0 bridgehead atoms. The molecule has 3 heterocycles. The van der Waals surface area contributed by atoms with E-state index in [1.165, 1.54) is 28.5 Å². The van der Waals surface area contributed by atoms with E-state index < -0.39 is 23.1 Å². The van der Waals surface area contributed by atoms with E-state index in [2.05, 4.69) is 21.4 Å². The van der Waals surface area contributed by atoms with Gasteiger partial charge in [-0.2, -0.15) is 0 Å². The van der Waals surface area contributed by atoms with Crippen molar-refractivity contribution in [1.82, 2.24) is 19.9 Å². The Morgan fingerprint density at radius 1 is 1.09 bits per heavy atom. The van der Waals surface area contributed by atoms with Crippen molar-refractivity contribution >= 4 is 16.9 Å². The second-order valence-corrected chi connectivity index (χ2v) is 8.77. The van der Waals surface area contributed by atoms with Crippen LogP contribution >= 0.6 is 0 Å². The number of benzene rings is 1. The van der Waals surface area contributed by atoms with E-state index in [1.807, 2.05) is 12.3 Å². The number of nitrogens with one attached hydrogen (secondary N) is 2. The van der Waals surface area contributed by atoms with Crippen LogP contribution in [-0.4, -0.2) is 26.5 Å². The highest BCUT2D eigenvalue weighted by atomic mass is 19.2. The Morgan fingerprint density at radius 3 is 2.71 bits per heavy atom. The maximum atomic E-state index is 13.5. The van der Waals surface area contributed by atoms with Gasteiger partial charge >= 0.3 is 0 Å². The van der Waals surface area contributed by atoms with Gasteiger partial charge in [0.15, 0.2) is 11.6 Å². The van der Waals surface area contributed by atoms with Crippen molar-refractivity contribution in [1.29, 1.82) is 0 Å². The maximum Gasteiger partial charge on any atom is 0.263 e. The first kappa shape index (κ1) is 22.0. The fourth-order valence-corrected chi connectivity index (χ4v) is 4.80. The molecule has 0 atom stereocenters. The number of pyridine rings is 2. The first-order chi connectivity index (χ1) is 16.5. The molecule has 6 nitrogen and oxygen atoms in total. The summed E-state index contributed by atoms with van der Waals surface area (Å²) in [5, 5.41) is 4.14. The summed E-state index contributed by atoms with van der Waals surface area (Å²) in [6, 6.07) is 10.6. The zero-order chi connectivity index (χ0) is 23.7. The third kappa shape index (κ3) is 4.35. The smallest absolute Gasteiger partial charge is 0.263 e. The van der Waals surface area contributed by atoms with Gasteiger partial charge < -0.3 is 14.9 Å². The van der Waals surface area contributed by atoms with Gasteiger partial charge in [0.1, 0.15) is 11.2 Å². The lowest BCUT2D eigenvalue weighted by Gasteiger charge is -2.29. The lowest BCUT2D eigenvalue weighted by atomic mass is 9.81. The average Bonchev–Trinajstić information content (AvgIpc) is 3.27. The minimum atomic E-state index is -0.973. The third-order valence-corrected chi connectivity index (χ3v) is 6.59. The average molecular weight is 463 g/mol. The number of halogens is 2. The predicted octanol–water partition coefficient (Wildman–Crippen LogP) is 4.51. The molecule has 5 rings (SSSR count). The van der Waals surface area contributed by atoms with Crippen molar-refractivity contribution in [3.8, 4) is 0 Å². The van der Waals surface area contributed by atoms with Gasteiger partial charge in [0, 0.05) is 30.0 Å². The molecular weight excluding hydrogens is 438 g/mol. The van der Waals surface area contributed by atoms with Crippen molar-refractivity contribution in [2.45, 2.75) is 44.2 Å². The van der Waals surface area contributed by atoms with Gasteiger partial charge in [-0.3, -0.25) is 9.59 Å². The molecule has 34 heavy (non-hydrogen) atoms. The van der Waals surface area contributed by atoms with Crippen molar-refractivity contribution in [3.05, 3.63) is 99.7 Å². The molecule has 1 amide bonds. The van der Waals surface area contributed by atoms with Gasteiger partial charge in [0.25, 0.3) is 11.5 Å². The highest BCUT2D eigenvalue weighted by molar-refractivity contribution is 5.94. The maximum absolute atomic E-state index is 13.5. The minimum Gasteiger partial charge on any atom is -0.349 e. The van der Waals surface area contributed by atoms with Crippen LogP contribution in [0.1, 0.15) is 53.1 Å². The molecule has 0 spiro atoms. The summed E-state index contributed by atoms with van der Waals surface area (Å²) in [5.41, 5.74) is 2.15. The standard InChI is InChI=1S/C26H24F2N4O2/c27-22-10-5-16(13-23(22)28)15-32-12-2-4-20(26(32)34)25(33)31-18-8-6-17(7-9-18)21-14-30-24-19(21)3-1-11-29-24/h1-5,10-14,17-18H,6-9,15H2,(H,29,30)(H,31,33). The SMILES string of the molecule is O=C(NC1CCC(c2c[nH]c3ncccc23)CC1)c1cccn(Cc2ccc(F)c(F)c2)c1=O. The molecule has 3 aromatic heterocycles. The molecule has 1 aliphatic rings. The quantitative estimate of drug-likeness (QED) is 0.458. The van der Waals surface area contributed by atoms with Crippen LogP contribution in [0.3, 0.4) is 0 Å². The van der Waals surface area contributed by atoms with E-state index in [4.69, 9.17) is 0 Å². The van der Waals surface area contributed by atoms with Crippen molar-refractivity contribution in [2.75, 3.05) is 0 Å². The molecule has 1 aliphatic carbocycles. The van der Waals surface area contributed by atoms with Gasteiger partial charge in [0.05, 0.1) is 6.54 Å². The molecule has 1 aromatic carbocycles. The largest absolute Gasteiger partial charge is 0.349 e. The van der Waals surface area contributed by atoms with Gasteiger partial charge in [-0.05, 0) is 79.1 Å². The number of fused-ring (bicyclic) bond motifs is 1. The van der Waals surface area contributed by atoms with Crippen molar-refractivity contribution < 1.29 is 13.6 Å². The van der Waals surface area contributed by atoms with Crippen molar-refractivity contribution in [3.63, 3.8) is 0 Å². The summed E-state index contributed by atoms with van der Waals surface area (Å²) in [6.45, 7) is 0.0434. The molecule has 8 heteroatoms. The van der Waals surface area contributed by atoms with Gasteiger partial charge in [-0.15, -0.1) is 0 Å². The lowest BCUT2D eigenvalue weighted by Crippen LogP contribution is -2.40. The molecular formula is C26H24F2N4O2. The second kappa shape index (κ2) is 9.21. The molecule has 1 saturated carbocycles. The fraction of sp³-hybridized carbons (Fsp3) is 0.269. The highest BCUT2D eigenvalue weighted by Gasteiger charge is 2.26. The fourth-order valence-electron chi connectivity index (χ4n) is 4.80. The molecule has 0 saturated heterocycles. The van der Waals surface area contributed by atoms with E-state index in [0.29, 0.717) is 11.5 Å². The Hall–Kier alpha value is -3.81. The molecule has 0 aliphatic heterocycles. The van der Waals surface area contributed by atoms with Crippen LogP contribution in [0.15, 0.2) is 65.8 Å². The number of nitrogens with zero attached hydrogens (tertiary/aromatic N) is 2. The molecule has 2 N–H and O–H groups in total. The van der Waals surface area contributed by atoms with E-state index >= 15 is 0 Å². The normalized spacial score (nSPS) is 18.2. The predicted molar refractivity (Wildman–Crippen MR) is 125 cm³/mol. The minimum absolute atomic E-state index is 0.00803. The molecule has 1 fully saturated rings. The number of H-pyrrole nitrogens is 1. The third-order valence-electron chi connectivity index (χ3n) is 6.59. The number of carbonyl (C=O) groups excluding carboxylic acids is 1. The van der Waals surface area contributed by atoms with E-state index in [1.54, 1.807) is 12.3 Å². The van der Waals surface area contributed by atoms with E-state index in [0.717, 1.165) is 48.8 Å². The Kier molecular flexibility index (Phi) is 5.96. The summed E-state index contributed by atoms with van der Waals surface area (Å²) in [4.78, 5) is 33.3. The Balaban J connectivity index is 1.24. The molecule has 4 aromatic rings. The summed E-state index contributed by atoms with van der Waals surface area (Å²) >= 11 is 0. The second-order valence-electron chi connectivity index (χ2n) is 8.77. The molecule has 174 valence electrons. The number of hydrogen-bond acceptors (Lipinski definition) is 3. The van der Waals surface area contributed by atoms with Crippen LogP contribution in [-0.2, 0) is 6.54 Å². The van der Waals surface area contributed by atoms with Crippen LogP contribution in [0.5, 0.6) is 0 Å². The van der Waals surface area contributed by atoms with Crippen LogP contribution in [0, 0.1) is 11.6 Å². The summed E-state index contributed by atoms with van der Waals surface area (Å²) in [6.07, 6.45) is 8.83. The summed E-state index contributed by atoms with van der Waals surface area (Å²) in [5.74, 6) is -1.93. The monoisotopic (exact) mass is 462 g/mol. The van der Waals surface area contributed by atoms with E-state index in [-0.39, 0.29) is 18.2 Å². The van der Waals surface area contributed by atoms with Crippen LogP contribution < -0.4 is 10.9 Å². The highest BCUT2D eigenvalue weighted by Crippen LogP contribution is 2.36. The number of hydrogen-bond donors (Lipinski definition) is 2. The van der Waals surface area contributed by atoms with Gasteiger partial charge in [-0.25, -0.2) is 13.8 Å². The number of amides is 1. The number of carbonyl (C=O) groups is 1. The summed E-state index contributed by atoms with van der Waals surface area (Å²) in [7, 11) is 0. The van der Waals surface area contributed by atoms with E-state index in [9.17, 15) is 18.4 Å². The number of aromatic amines is 1. The number of aromatic nitrogens is 3. The van der Waals surface area contributed by atoms with Crippen LogP contribution in [0.4, 0.5) is 8.78 Å². The van der Waals surface area contributed by atoms with Gasteiger partial charge in [-0.1, -0.05) is 6.07 Å². The zero-order valence-electron chi connectivity index (χ0n) is 18.4.